The summed E-state index contributed by atoms with van der Waals surface area (Å²) in [5.41, 5.74) is -0.0337. The lowest BCUT2D eigenvalue weighted by atomic mass is 10.2. The molecule has 1 aromatic rings. The average Bonchev–Trinajstić information content (AvgIpc) is 2.28. The van der Waals surface area contributed by atoms with Gasteiger partial charge in [-0.2, -0.15) is 13.2 Å². The van der Waals surface area contributed by atoms with E-state index in [-0.39, 0.29) is 0 Å². The van der Waals surface area contributed by atoms with Crippen molar-refractivity contribution < 1.29 is 18.3 Å². The van der Waals surface area contributed by atoms with Crippen molar-refractivity contribution in [2.24, 2.45) is 0 Å². The highest BCUT2D eigenvalue weighted by Gasteiger charge is 2.30. The zero-order valence-electron chi connectivity index (χ0n) is 10.3. The number of aliphatic hydroxyl groups is 1. The molecule has 0 radical (unpaired) electrons. The van der Waals surface area contributed by atoms with Crippen LogP contribution < -0.4 is 10.2 Å². The molecule has 0 bridgehead atoms. The van der Waals surface area contributed by atoms with Crippen molar-refractivity contribution in [3.8, 4) is 0 Å². The molecule has 0 aliphatic carbocycles. The molecular weight excluding hydrogens is 245 g/mol. The van der Waals surface area contributed by atoms with Gasteiger partial charge in [0.05, 0.1) is 11.7 Å². The molecule has 102 valence electrons. The lowest BCUT2D eigenvalue weighted by molar-refractivity contribution is -0.137. The molecule has 0 spiro atoms. The van der Waals surface area contributed by atoms with Crippen LogP contribution in [0.3, 0.4) is 0 Å². The lowest BCUT2D eigenvalue weighted by Crippen LogP contribution is -2.35. The Labute approximate surface area is 104 Å². The number of benzene rings is 1. The van der Waals surface area contributed by atoms with Gasteiger partial charge in [0.1, 0.15) is 0 Å². The Hall–Kier alpha value is -1.27. The van der Waals surface area contributed by atoms with Crippen molar-refractivity contribution in [1.82, 2.24) is 5.32 Å². The molecule has 6 heteroatoms. The number of alkyl halides is 3. The summed E-state index contributed by atoms with van der Waals surface area (Å²) in [6.07, 6.45) is -4.88. The fourth-order valence-corrected chi connectivity index (χ4v) is 1.63. The number of hydrogen-bond acceptors (Lipinski definition) is 3. The van der Waals surface area contributed by atoms with Crippen LogP contribution in [-0.4, -0.2) is 38.4 Å². The minimum Gasteiger partial charge on any atom is -0.390 e. The Morgan fingerprint density at radius 1 is 1.28 bits per heavy atom. The third-order valence-corrected chi connectivity index (χ3v) is 2.56. The molecule has 0 aliphatic heterocycles. The molecule has 0 saturated heterocycles. The number of likely N-dealkylation sites (N-methyl/N-ethyl adjacent to an activating group) is 2. The Kier molecular flexibility index (Phi) is 4.98. The van der Waals surface area contributed by atoms with Gasteiger partial charge in [-0.25, -0.2) is 0 Å². The lowest BCUT2D eigenvalue weighted by Gasteiger charge is -2.23. The maximum absolute atomic E-state index is 12.4. The van der Waals surface area contributed by atoms with E-state index in [0.29, 0.717) is 18.8 Å². The molecule has 0 saturated carbocycles. The SMILES string of the molecule is CNCC(O)CN(C)c1ccc(C(F)(F)F)cc1. The van der Waals surface area contributed by atoms with Crippen LogP contribution in [0.4, 0.5) is 18.9 Å². The van der Waals surface area contributed by atoms with E-state index in [1.807, 2.05) is 0 Å². The number of aliphatic hydroxyl groups excluding tert-OH is 1. The molecule has 1 atom stereocenters. The predicted octanol–water partition coefficient (Wildman–Crippen LogP) is 1.72. The van der Waals surface area contributed by atoms with Gasteiger partial charge in [0.15, 0.2) is 0 Å². The normalized spacial score (nSPS) is 13.4. The van der Waals surface area contributed by atoms with Crippen molar-refractivity contribution in [2.45, 2.75) is 12.3 Å². The van der Waals surface area contributed by atoms with Crippen LogP contribution in [0.2, 0.25) is 0 Å². The molecule has 2 N–H and O–H groups in total. The van der Waals surface area contributed by atoms with Gasteiger partial charge in [0.25, 0.3) is 0 Å². The summed E-state index contributed by atoms with van der Waals surface area (Å²) in [7, 11) is 3.45. The molecule has 0 aliphatic rings. The van der Waals surface area contributed by atoms with E-state index in [0.717, 1.165) is 12.1 Å². The third kappa shape index (κ3) is 4.19. The summed E-state index contributed by atoms with van der Waals surface area (Å²) < 4.78 is 37.1. The second kappa shape index (κ2) is 6.06. The Bertz CT molecular complexity index is 365. The highest BCUT2D eigenvalue weighted by molar-refractivity contribution is 5.47. The first-order valence-corrected chi connectivity index (χ1v) is 5.55. The maximum Gasteiger partial charge on any atom is 0.416 e. The van der Waals surface area contributed by atoms with Gasteiger partial charge >= 0.3 is 6.18 Å². The van der Waals surface area contributed by atoms with Crippen molar-refractivity contribution in [1.29, 1.82) is 0 Å². The van der Waals surface area contributed by atoms with E-state index < -0.39 is 17.8 Å². The van der Waals surface area contributed by atoms with Gasteiger partial charge in [-0.15, -0.1) is 0 Å². The van der Waals surface area contributed by atoms with E-state index in [4.69, 9.17) is 0 Å². The van der Waals surface area contributed by atoms with Crippen molar-refractivity contribution in [3.05, 3.63) is 29.8 Å². The van der Waals surface area contributed by atoms with Gasteiger partial charge < -0.3 is 15.3 Å². The Morgan fingerprint density at radius 2 is 1.83 bits per heavy atom. The molecule has 18 heavy (non-hydrogen) atoms. The first kappa shape index (κ1) is 14.8. The van der Waals surface area contributed by atoms with Crippen molar-refractivity contribution in [2.75, 3.05) is 32.1 Å². The van der Waals surface area contributed by atoms with Gasteiger partial charge in [-0.3, -0.25) is 0 Å². The topological polar surface area (TPSA) is 35.5 Å². The molecule has 0 amide bonds. The van der Waals surface area contributed by atoms with Gasteiger partial charge in [0, 0.05) is 25.8 Å². The summed E-state index contributed by atoms with van der Waals surface area (Å²) in [5, 5.41) is 12.4. The van der Waals surface area contributed by atoms with Crippen LogP contribution in [0, 0.1) is 0 Å². The van der Waals surface area contributed by atoms with Crippen LogP contribution in [-0.2, 0) is 6.18 Å². The van der Waals surface area contributed by atoms with E-state index in [9.17, 15) is 18.3 Å². The zero-order chi connectivity index (χ0) is 13.8. The van der Waals surface area contributed by atoms with Crippen LogP contribution in [0.1, 0.15) is 5.56 Å². The summed E-state index contributed by atoms with van der Waals surface area (Å²) in [6, 6.07) is 4.87. The third-order valence-electron chi connectivity index (χ3n) is 2.56. The van der Waals surface area contributed by atoms with Crippen LogP contribution in [0.25, 0.3) is 0 Å². The standard InChI is InChI=1S/C12H17F3N2O/c1-16-7-11(18)8-17(2)10-5-3-9(4-6-10)12(13,14)15/h3-6,11,16,18H,7-8H2,1-2H3. The quantitative estimate of drug-likeness (QED) is 0.848. The number of hydrogen-bond donors (Lipinski definition) is 2. The van der Waals surface area contributed by atoms with E-state index in [1.165, 1.54) is 12.1 Å². The predicted molar refractivity (Wildman–Crippen MR) is 64.6 cm³/mol. The largest absolute Gasteiger partial charge is 0.416 e. The highest BCUT2D eigenvalue weighted by Crippen LogP contribution is 2.30. The molecule has 1 unspecified atom stereocenters. The summed E-state index contributed by atoms with van der Waals surface area (Å²) in [6.45, 7) is 0.789. The van der Waals surface area contributed by atoms with Crippen LogP contribution in [0.5, 0.6) is 0 Å². The number of halogens is 3. The average molecular weight is 262 g/mol. The van der Waals surface area contributed by atoms with Gasteiger partial charge in [0.2, 0.25) is 0 Å². The molecule has 3 nitrogen and oxygen atoms in total. The Morgan fingerprint density at radius 3 is 2.28 bits per heavy atom. The summed E-state index contributed by atoms with van der Waals surface area (Å²) in [4.78, 5) is 1.71. The fraction of sp³-hybridized carbons (Fsp3) is 0.500. The fourth-order valence-electron chi connectivity index (χ4n) is 1.63. The first-order chi connectivity index (χ1) is 8.34. The second-order valence-corrected chi connectivity index (χ2v) is 4.14. The smallest absolute Gasteiger partial charge is 0.390 e. The van der Waals surface area contributed by atoms with Crippen LogP contribution in [0.15, 0.2) is 24.3 Å². The van der Waals surface area contributed by atoms with Gasteiger partial charge in [-0.05, 0) is 31.3 Å². The highest BCUT2D eigenvalue weighted by atomic mass is 19.4. The second-order valence-electron chi connectivity index (χ2n) is 4.14. The molecule has 0 heterocycles. The minimum atomic E-state index is -4.32. The first-order valence-electron chi connectivity index (χ1n) is 5.55. The number of nitrogens with one attached hydrogen (secondary N) is 1. The van der Waals surface area contributed by atoms with E-state index in [2.05, 4.69) is 5.32 Å². The molecule has 1 aromatic carbocycles. The maximum atomic E-state index is 12.4. The summed E-state index contributed by atoms with van der Waals surface area (Å²) >= 11 is 0. The van der Waals surface area contributed by atoms with E-state index in [1.54, 1.807) is 19.0 Å². The minimum absolute atomic E-state index is 0.353. The van der Waals surface area contributed by atoms with Gasteiger partial charge in [-0.1, -0.05) is 0 Å². The molecular formula is C12H17F3N2O. The van der Waals surface area contributed by atoms with Crippen molar-refractivity contribution >= 4 is 5.69 Å². The van der Waals surface area contributed by atoms with E-state index >= 15 is 0 Å². The Balaban J connectivity index is 2.67. The molecule has 0 fully saturated rings. The number of anilines is 1. The number of nitrogens with zero attached hydrogens (tertiary/aromatic N) is 1. The van der Waals surface area contributed by atoms with Crippen LogP contribution >= 0.6 is 0 Å². The van der Waals surface area contributed by atoms with Crippen molar-refractivity contribution in [3.63, 3.8) is 0 Å². The molecule has 1 rings (SSSR count). The monoisotopic (exact) mass is 262 g/mol. The summed E-state index contributed by atoms with van der Waals surface area (Å²) in [5.74, 6) is 0. The number of rotatable bonds is 5. The molecule has 0 aromatic heterocycles. The zero-order valence-corrected chi connectivity index (χ0v) is 10.3.